The van der Waals surface area contributed by atoms with Gasteiger partial charge in [-0.1, -0.05) is 36.4 Å². The van der Waals surface area contributed by atoms with Gasteiger partial charge >= 0.3 is 0 Å². The first kappa shape index (κ1) is 22.0. The maximum Gasteiger partial charge on any atom is 0.125 e. The van der Waals surface area contributed by atoms with Gasteiger partial charge in [0.2, 0.25) is 0 Å². The fraction of sp³-hybridized carbons (Fsp3) is 0.444. The molecule has 1 aliphatic heterocycles. The van der Waals surface area contributed by atoms with E-state index in [2.05, 4.69) is 51.4 Å². The van der Waals surface area contributed by atoms with Gasteiger partial charge in [0, 0.05) is 57.2 Å². The molecule has 2 fully saturated rings. The monoisotopic (exact) mass is 446 g/mol. The number of aliphatic hydroxyl groups is 1. The smallest absolute Gasteiger partial charge is 0.125 e. The van der Waals surface area contributed by atoms with E-state index in [1.807, 2.05) is 49.2 Å². The van der Waals surface area contributed by atoms with Crippen LogP contribution in [-0.4, -0.2) is 59.2 Å². The number of nitrogens with zero attached hydrogens (tertiary/aromatic N) is 4. The van der Waals surface area contributed by atoms with Gasteiger partial charge in [-0.2, -0.15) is 5.10 Å². The molecule has 1 saturated heterocycles. The summed E-state index contributed by atoms with van der Waals surface area (Å²) in [6, 6.07) is 18.5. The molecule has 0 spiro atoms. The van der Waals surface area contributed by atoms with E-state index in [4.69, 9.17) is 4.74 Å². The first-order valence-electron chi connectivity index (χ1n) is 11.9. The zero-order valence-corrected chi connectivity index (χ0v) is 19.5. The van der Waals surface area contributed by atoms with E-state index in [0.717, 1.165) is 50.5 Å². The highest BCUT2D eigenvalue weighted by atomic mass is 16.5. The van der Waals surface area contributed by atoms with Crippen LogP contribution in [-0.2, 0) is 13.1 Å². The Balaban J connectivity index is 1.17. The Morgan fingerprint density at radius 1 is 0.970 bits per heavy atom. The number of ether oxygens (including phenoxy) is 1. The maximum atomic E-state index is 10.8. The lowest BCUT2D eigenvalue weighted by Gasteiger charge is -2.35. The van der Waals surface area contributed by atoms with Gasteiger partial charge < -0.3 is 14.7 Å². The van der Waals surface area contributed by atoms with Crippen molar-refractivity contribution in [2.24, 2.45) is 11.8 Å². The first-order valence-corrected chi connectivity index (χ1v) is 11.9. The largest absolute Gasteiger partial charge is 0.488 e. The lowest BCUT2D eigenvalue weighted by atomic mass is 9.78. The number of benzene rings is 2. The second-order valence-electron chi connectivity index (χ2n) is 9.83. The van der Waals surface area contributed by atoms with Gasteiger partial charge in [-0.25, -0.2) is 0 Å². The molecule has 3 aromatic rings. The van der Waals surface area contributed by atoms with Gasteiger partial charge in [-0.3, -0.25) is 9.58 Å². The van der Waals surface area contributed by atoms with Crippen LogP contribution in [0.3, 0.4) is 0 Å². The first-order chi connectivity index (χ1) is 16.0. The SMILES string of the molecule is CN(C)c1cccc(O[C@@H]2C[C@@H]3CN(Cc4cnn(Cc5ccccc5)c4)C[C@@H]3C[C@H]2O)c1. The zero-order chi connectivity index (χ0) is 22.8. The average molecular weight is 447 g/mol. The van der Waals surface area contributed by atoms with Crippen molar-refractivity contribution in [3.05, 3.63) is 78.1 Å². The van der Waals surface area contributed by atoms with E-state index >= 15 is 0 Å². The van der Waals surface area contributed by atoms with E-state index < -0.39 is 6.10 Å². The van der Waals surface area contributed by atoms with E-state index in [0.29, 0.717) is 11.8 Å². The van der Waals surface area contributed by atoms with Crippen molar-refractivity contribution in [3.63, 3.8) is 0 Å². The molecule has 1 N–H and O–H groups in total. The van der Waals surface area contributed by atoms with Crippen molar-refractivity contribution < 1.29 is 9.84 Å². The minimum atomic E-state index is -0.414. The van der Waals surface area contributed by atoms with Crippen LogP contribution in [0.25, 0.3) is 0 Å². The molecule has 1 saturated carbocycles. The molecule has 33 heavy (non-hydrogen) atoms. The molecule has 2 aliphatic rings. The molecule has 2 aromatic carbocycles. The minimum absolute atomic E-state index is 0.141. The van der Waals surface area contributed by atoms with Crippen molar-refractivity contribution >= 4 is 5.69 Å². The predicted octanol–water partition coefficient (Wildman–Crippen LogP) is 3.65. The Labute approximate surface area is 196 Å². The highest BCUT2D eigenvalue weighted by Crippen LogP contribution is 2.38. The molecule has 0 bridgehead atoms. The van der Waals surface area contributed by atoms with Crippen molar-refractivity contribution in [1.29, 1.82) is 0 Å². The van der Waals surface area contributed by atoms with Crippen LogP contribution in [0.4, 0.5) is 5.69 Å². The van der Waals surface area contributed by atoms with Crippen LogP contribution >= 0.6 is 0 Å². The summed E-state index contributed by atoms with van der Waals surface area (Å²) in [5, 5.41) is 15.4. The number of fused-ring (bicyclic) bond motifs is 1. The molecule has 0 amide bonds. The lowest BCUT2D eigenvalue weighted by molar-refractivity contribution is -0.0231. The highest BCUT2D eigenvalue weighted by Gasteiger charge is 2.42. The molecule has 6 nitrogen and oxygen atoms in total. The summed E-state index contributed by atoms with van der Waals surface area (Å²) in [6.45, 7) is 3.80. The molecule has 4 atom stereocenters. The Bertz CT molecular complexity index is 1050. The molecule has 1 aliphatic carbocycles. The minimum Gasteiger partial charge on any atom is -0.488 e. The van der Waals surface area contributed by atoms with Crippen molar-refractivity contribution in [3.8, 4) is 5.75 Å². The Kier molecular flexibility index (Phi) is 6.38. The van der Waals surface area contributed by atoms with Crippen LogP contribution in [0, 0.1) is 11.8 Å². The average Bonchev–Trinajstić information content (AvgIpc) is 3.41. The Morgan fingerprint density at radius 3 is 2.55 bits per heavy atom. The van der Waals surface area contributed by atoms with E-state index in [-0.39, 0.29) is 6.10 Å². The number of aromatic nitrogens is 2. The third kappa shape index (κ3) is 5.23. The molecular weight excluding hydrogens is 412 g/mol. The maximum absolute atomic E-state index is 10.8. The van der Waals surface area contributed by atoms with Crippen molar-refractivity contribution in [2.45, 2.75) is 38.1 Å². The van der Waals surface area contributed by atoms with Crippen molar-refractivity contribution in [1.82, 2.24) is 14.7 Å². The highest BCUT2D eigenvalue weighted by molar-refractivity contribution is 5.49. The standard InChI is InChI=1S/C27H34N4O2/c1-29(2)24-9-6-10-25(13-24)33-27-12-23-19-30(18-22(23)11-26(27)32)15-21-14-28-31(17-21)16-20-7-4-3-5-8-20/h3-10,13-14,17,22-23,26-27,32H,11-12,15-16,18-19H2,1-2H3/t22-,23+,26+,27+/m0/s1. The molecular formula is C27H34N4O2. The van der Waals surface area contributed by atoms with Gasteiger partial charge in [-0.15, -0.1) is 0 Å². The molecule has 2 heterocycles. The fourth-order valence-electron chi connectivity index (χ4n) is 5.36. The van der Waals surface area contributed by atoms with Gasteiger partial charge in [0.15, 0.2) is 0 Å². The summed E-state index contributed by atoms with van der Waals surface area (Å²) in [5.74, 6) is 1.94. The Morgan fingerprint density at radius 2 is 1.76 bits per heavy atom. The molecule has 6 heteroatoms. The molecule has 5 rings (SSSR count). The molecule has 174 valence electrons. The topological polar surface area (TPSA) is 53.8 Å². The van der Waals surface area contributed by atoms with Gasteiger partial charge in [-0.05, 0) is 42.4 Å². The third-order valence-corrected chi connectivity index (χ3v) is 7.06. The van der Waals surface area contributed by atoms with Crippen LogP contribution in [0.15, 0.2) is 67.0 Å². The number of likely N-dealkylation sites (tertiary alicyclic amines) is 1. The summed E-state index contributed by atoms with van der Waals surface area (Å²) in [7, 11) is 4.05. The molecule has 0 radical (unpaired) electrons. The number of hydrogen-bond acceptors (Lipinski definition) is 5. The van der Waals surface area contributed by atoms with Crippen LogP contribution in [0.5, 0.6) is 5.75 Å². The van der Waals surface area contributed by atoms with E-state index in [1.165, 1.54) is 11.1 Å². The number of aliphatic hydroxyl groups excluding tert-OH is 1. The summed E-state index contributed by atoms with van der Waals surface area (Å²) in [6.07, 6.45) is 5.31. The van der Waals surface area contributed by atoms with E-state index in [9.17, 15) is 5.11 Å². The predicted molar refractivity (Wildman–Crippen MR) is 130 cm³/mol. The molecule has 0 unspecified atom stereocenters. The van der Waals surface area contributed by atoms with Crippen LogP contribution in [0.1, 0.15) is 24.0 Å². The second-order valence-corrected chi connectivity index (χ2v) is 9.83. The quantitative estimate of drug-likeness (QED) is 0.601. The fourth-order valence-corrected chi connectivity index (χ4v) is 5.36. The normalized spacial score (nSPS) is 25.1. The van der Waals surface area contributed by atoms with Gasteiger partial charge in [0.05, 0.1) is 18.8 Å². The Hall–Kier alpha value is -2.83. The third-order valence-electron chi connectivity index (χ3n) is 7.06. The second kappa shape index (κ2) is 9.57. The lowest BCUT2D eigenvalue weighted by Crippen LogP contribution is -2.42. The summed E-state index contributed by atoms with van der Waals surface area (Å²) < 4.78 is 8.29. The van der Waals surface area contributed by atoms with Crippen molar-refractivity contribution in [2.75, 3.05) is 32.1 Å². The van der Waals surface area contributed by atoms with Crippen LogP contribution in [0.2, 0.25) is 0 Å². The molecule has 1 aromatic heterocycles. The summed E-state index contributed by atoms with van der Waals surface area (Å²) >= 11 is 0. The van der Waals surface area contributed by atoms with Gasteiger partial charge in [0.25, 0.3) is 0 Å². The number of rotatable bonds is 7. The number of anilines is 1. The zero-order valence-electron chi connectivity index (χ0n) is 19.5. The van der Waals surface area contributed by atoms with Gasteiger partial charge in [0.1, 0.15) is 11.9 Å². The summed E-state index contributed by atoms with van der Waals surface area (Å²) in [5.41, 5.74) is 3.62. The van der Waals surface area contributed by atoms with E-state index in [1.54, 1.807) is 0 Å². The number of hydrogen-bond donors (Lipinski definition) is 1. The van der Waals surface area contributed by atoms with Crippen LogP contribution < -0.4 is 9.64 Å². The summed E-state index contributed by atoms with van der Waals surface area (Å²) in [4.78, 5) is 4.58.